The Hall–Kier alpha value is -1.37. The molecule has 0 amide bonds. The maximum absolute atomic E-state index is 8.52. The molecule has 0 saturated heterocycles. The van der Waals surface area contributed by atoms with E-state index >= 15 is 0 Å². The van der Waals surface area contributed by atoms with Crippen molar-refractivity contribution in [2.75, 3.05) is 5.75 Å². The summed E-state index contributed by atoms with van der Waals surface area (Å²) in [6.45, 7) is 3.80. The minimum absolute atomic E-state index is 0.605. The van der Waals surface area contributed by atoms with Crippen LogP contribution in [0, 0.1) is 11.3 Å². The van der Waals surface area contributed by atoms with Crippen LogP contribution in [0.3, 0.4) is 0 Å². The number of thioether (sulfide) groups is 1. The molecule has 92 valence electrons. The molecular formula is C14H13ClN2S. The zero-order valence-electron chi connectivity index (χ0n) is 9.90. The number of unbranched alkanes of at least 4 members (excludes halogenated alkanes) is 1. The molecule has 1 aromatic carbocycles. The van der Waals surface area contributed by atoms with Crippen LogP contribution >= 0.6 is 23.4 Å². The van der Waals surface area contributed by atoms with E-state index in [0.717, 1.165) is 28.1 Å². The molecule has 0 bridgehead atoms. The lowest BCUT2D eigenvalue weighted by molar-refractivity contribution is 0.981. The summed E-state index contributed by atoms with van der Waals surface area (Å²) in [5, 5.41) is 10.4. The van der Waals surface area contributed by atoms with Gasteiger partial charge in [-0.15, -0.1) is 11.8 Å². The number of nitrogens with zero attached hydrogens (tertiary/aromatic N) is 2. The fourth-order valence-corrected chi connectivity index (χ4v) is 2.98. The Bertz CT molecular complexity index is 610. The molecule has 0 fully saturated rings. The zero-order chi connectivity index (χ0) is 13.0. The predicted molar refractivity (Wildman–Crippen MR) is 78.9 cm³/mol. The Morgan fingerprint density at radius 1 is 1.50 bits per heavy atom. The molecule has 0 aliphatic heterocycles. The molecule has 2 aromatic rings. The Kier molecular flexibility index (Phi) is 4.35. The van der Waals surface area contributed by atoms with E-state index in [1.807, 2.05) is 22.8 Å². The van der Waals surface area contributed by atoms with Crippen LogP contribution in [0.5, 0.6) is 0 Å². The first-order valence-corrected chi connectivity index (χ1v) is 7.05. The molecule has 2 rings (SSSR count). The van der Waals surface area contributed by atoms with Crippen molar-refractivity contribution in [1.82, 2.24) is 4.57 Å². The van der Waals surface area contributed by atoms with Crippen LogP contribution in [0.4, 0.5) is 0 Å². The number of hydrogen-bond acceptors (Lipinski definition) is 2. The Labute approximate surface area is 116 Å². The number of hydrogen-bond donors (Lipinski definition) is 0. The lowest BCUT2D eigenvalue weighted by Gasteiger charge is -1.98. The predicted octanol–water partition coefficient (Wildman–Crippen LogP) is 4.79. The van der Waals surface area contributed by atoms with Crippen LogP contribution < -0.4 is 0 Å². The quantitative estimate of drug-likeness (QED) is 0.580. The largest absolute Gasteiger partial charge is 0.323 e. The van der Waals surface area contributed by atoms with Crippen molar-refractivity contribution in [2.45, 2.75) is 17.7 Å². The summed E-state index contributed by atoms with van der Waals surface area (Å²) in [6.07, 6.45) is 5.36. The van der Waals surface area contributed by atoms with Crippen LogP contribution in [0.1, 0.15) is 12.8 Å². The van der Waals surface area contributed by atoms with Crippen LogP contribution in [0.15, 0.2) is 35.9 Å². The van der Waals surface area contributed by atoms with Crippen LogP contribution in [-0.2, 0) is 0 Å². The molecule has 1 heterocycles. The Balaban J connectivity index is 2.29. The second-order valence-electron chi connectivity index (χ2n) is 3.85. The SMILES string of the molecule is C=Cn1cc(SCCCC#N)c2cc(Cl)ccc21. The molecule has 4 heteroatoms. The van der Waals surface area contributed by atoms with Crippen molar-refractivity contribution in [3.05, 3.63) is 36.0 Å². The normalized spacial score (nSPS) is 10.4. The number of nitriles is 1. The number of halogens is 1. The molecule has 0 N–H and O–H groups in total. The second kappa shape index (κ2) is 5.99. The van der Waals surface area contributed by atoms with E-state index in [4.69, 9.17) is 16.9 Å². The molecule has 2 nitrogen and oxygen atoms in total. The summed E-state index contributed by atoms with van der Waals surface area (Å²) in [4.78, 5) is 1.19. The van der Waals surface area contributed by atoms with E-state index in [1.165, 1.54) is 4.90 Å². The van der Waals surface area contributed by atoms with Crippen LogP contribution in [0.2, 0.25) is 5.02 Å². The van der Waals surface area contributed by atoms with Crippen molar-refractivity contribution >= 4 is 40.5 Å². The second-order valence-corrected chi connectivity index (χ2v) is 5.43. The van der Waals surface area contributed by atoms with Crippen LogP contribution in [-0.4, -0.2) is 10.3 Å². The van der Waals surface area contributed by atoms with Gasteiger partial charge in [-0.05, 0) is 30.4 Å². The van der Waals surface area contributed by atoms with Gasteiger partial charge in [0.25, 0.3) is 0 Å². The van der Waals surface area contributed by atoms with Gasteiger partial charge in [-0.3, -0.25) is 0 Å². The third-order valence-electron chi connectivity index (χ3n) is 2.65. The van der Waals surface area contributed by atoms with Gasteiger partial charge < -0.3 is 4.57 Å². The highest BCUT2D eigenvalue weighted by molar-refractivity contribution is 7.99. The van der Waals surface area contributed by atoms with E-state index in [0.29, 0.717) is 6.42 Å². The molecule has 18 heavy (non-hydrogen) atoms. The average molecular weight is 277 g/mol. The maximum atomic E-state index is 8.52. The lowest BCUT2D eigenvalue weighted by Crippen LogP contribution is -1.80. The van der Waals surface area contributed by atoms with Crippen molar-refractivity contribution in [2.24, 2.45) is 0 Å². The van der Waals surface area contributed by atoms with E-state index < -0.39 is 0 Å². The van der Waals surface area contributed by atoms with Gasteiger partial charge in [-0.1, -0.05) is 18.2 Å². The van der Waals surface area contributed by atoms with Crippen molar-refractivity contribution in [1.29, 1.82) is 5.26 Å². The van der Waals surface area contributed by atoms with Crippen LogP contribution in [0.25, 0.3) is 17.1 Å². The third kappa shape index (κ3) is 2.72. The molecular weight excluding hydrogens is 264 g/mol. The molecule has 0 unspecified atom stereocenters. The van der Waals surface area contributed by atoms with E-state index in [1.54, 1.807) is 18.0 Å². The van der Waals surface area contributed by atoms with E-state index in [2.05, 4.69) is 18.8 Å². The summed E-state index contributed by atoms with van der Waals surface area (Å²) < 4.78 is 2.00. The molecule has 0 aliphatic carbocycles. The van der Waals surface area contributed by atoms with Gasteiger partial charge in [0, 0.05) is 34.1 Å². The summed E-state index contributed by atoms with van der Waals surface area (Å²) in [5.41, 5.74) is 1.11. The number of fused-ring (bicyclic) bond motifs is 1. The first kappa shape index (κ1) is 13.1. The van der Waals surface area contributed by atoms with E-state index in [-0.39, 0.29) is 0 Å². The average Bonchev–Trinajstić information content (AvgIpc) is 2.72. The summed E-state index contributed by atoms with van der Waals surface area (Å²) in [6, 6.07) is 8.02. The molecule has 1 aromatic heterocycles. The van der Waals surface area contributed by atoms with Crippen molar-refractivity contribution in [3.63, 3.8) is 0 Å². The highest BCUT2D eigenvalue weighted by Gasteiger charge is 2.08. The van der Waals surface area contributed by atoms with E-state index in [9.17, 15) is 0 Å². The standard InChI is InChI=1S/C14H13ClN2S/c1-2-17-10-14(18-8-4-3-7-16)12-9-11(15)5-6-13(12)17/h2,5-6,9-10H,1,3-4,8H2. The number of rotatable bonds is 5. The topological polar surface area (TPSA) is 28.7 Å². The van der Waals surface area contributed by atoms with Gasteiger partial charge in [-0.2, -0.15) is 5.26 Å². The third-order valence-corrected chi connectivity index (χ3v) is 4.01. The van der Waals surface area contributed by atoms with Crippen molar-refractivity contribution in [3.8, 4) is 6.07 Å². The number of aromatic nitrogens is 1. The Morgan fingerprint density at radius 3 is 3.06 bits per heavy atom. The first-order chi connectivity index (χ1) is 8.76. The first-order valence-electron chi connectivity index (χ1n) is 5.68. The minimum Gasteiger partial charge on any atom is -0.323 e. The van der Waals surface area contributed by atoms with Gasteiger partial charge in [0.1, 0.15) is 0 Å². The monoisotopic (exact) mass is 276 g/mol. The molecule has 0 radical (unpaired) electrons. The highest BCUT2D eigenvalue weighted by Crippen LogP contribution is 2.32. The lowest BCUT2D eigenvalue weighted by atomic mass is 10.2. The minimum atomic E-state index is 0.605. The van der Waals surface area contributed by atoms with Gasteiger partial charge in [0.15, 0.2) is 0 Å². The summed E-state index contributed by atoms with van der Waals surface area (Å²) >= 11 is 7.80. The maximum Gasteiger partial charge on any atom is 0.0622 e. The highest BCUT2D eigenvalue weighted by atomic mass is 35.5. The zero-order valence-corrected chi connectivity index (χ0v) is 11.5. The number of benzene rings is 1. The fraction of sp³-hybridized carbons (Fsp3) is 0.214. The molecule has 0 atom stereocenters. The smallest absolute Gasteiger partial charge is 0.0622 e. The fourth-order valence-electron chi connectivity index (χ4n) is 1.80. The molecule has 0 aliphatic rings. The summed E-state index contributed by atoms with van der Waals surface area (Å²) in [7, 11) is 0. The van der Waals surface area contributed by atoms with Crippen molar-refractivity contribution < 1.29 is 0 Å². The molecule has 0 saturated carbocycles. The van der Waals surface area contributed by atoms with Gasteiger partial charge in [0.05, 0.1) is 11.6 Å². The summed E-state index contributed by atoms with van der Waals surface area (Å²) in [5.74, 6) is 0.941. The Morgan fingerprint density at radius 2 is 2.33 bits per heavy atom. The molecule has 0 spiro atoms. The van der Waals surface area contributed by atoms with Gasteiger partial charge in [0.2, 0.25) is 0 Å². The van der Waals surface area contributed by atoms with Gasteiger partial charge >= 0.3 is 0 Å². The van der Waals surface area contributed by atoms with Gasteiger partial charge in [-0.25, -0.2) is 0 Å².